The Kier molecular flexibility index (Phi) is 6.86. The lowest BCUT2D eigenvalue weighted by Crippen LogP contribution is -2.11. The van der Waals surface area contributed by atoms with Crippen LogP contribution < -0.4 is 10.6 Å². The van der Waals surface area contributed by atoms with Crippen LogP contribution >= 0.6 is 11.6 Å². The van der Waals surface area contributed by atoms with Crippen molar-refractivity contribution in [2.24, 2.45) is 0 Å². The summed E-state index contributed by atoms with van der Waals surface area (Å²) >= 11 is 5.86. The number of nitrogens with one attached hydrogen (secondary N) is 2. The molecule has 0 radical (unpaired) electrons. The van der Waals surface area contributed by atoms with Gasteiger partial charge in [-0.2, -0.15) is 10.1 Å². The molecule has 0 saturated heterocycles. The van der Waals surface area contributed by atoms with E-state index in [1.54, 1.807) is 13.3 Å². The topological polar surface area (TPSA) is 72.0 Å². The van der Waals surface area contributed by atoms with Gasteiger partial charge < -0.3 is 15.4 Å². The van der Waals surface area contributed by atoms with Crippen molar-refractivity contribution < 1.29 is 4.74 Å². The maximum Gasteiger partial charge on any atom is 0.244 e. The summed E-state index contributed by atoms with van der Waals surface area (Å²) in [4.78, 5) is 4.36. The van der Waals surface area contributed by atoms with E-state index in [1.807, 2.05) is 24.3 Å². The average molecular weight is 322 g/mol. The highest BCUT2D eigenvalue weighted by Crippen LogP contribution is 2.10. The number of anilines is 2. The smallest absolute Gasteiger partial charge is 0.244 e. The first kappa shape index (κ1) is 16.5. The number of aromatic nitrogens is 3. The molecule has 2 rings (SSSR count). The molecule has 0 spiro atoms. The molecule has 0 aliphatic rings. The third-order valence-electron chi connectivity index (χ3n) is 3.00. The van der Waals surface area contributed by atoms with Crippen molar-refractivity contribution in [2.75, 3.05) is 37.4 Å². The summed E-state index contributed by atoms with van der Waals surface area (Å²) in [6.45, 7) is 2.23. The first-order chi connectivity index (χ1) is 10.8. The highest BCUT2D eigenvalue weighted by Gasteiger charge is 2.00. The number of ether oxygens (including phenoxy) is 1. The summed E-state index contributed by atoms with van der Waals surface area (Å²) < 4.78 is 4.99. The molecule has 1 heterocycles. The van der Waals surface area contributed by atoms with Gasteiger partial charge in [0.15, 0.2) is 5.82 Å². The molecule has 0 amide bonds. The molecule has 0 aliphatic carbocycles. The average Bonchev–Trinajstić information content (AvgIpc) is 2.54. The maximum atomic E-state index is 5.86. The largest absolute Gasteiger partial charge is 0.385 e. The Balaban J connectivity index is 1.76. The van der Waals surface area contributed by atoms with Crippen LogP contribution in [0.15, 0.2) is 30.5 Å². The quantitative estimate of drug-likeness (QED) is 0.692. The van der Waals surface area contributed by atoms with E-state index < -0.39 is 0 Å². The van der Waals surface area contributed by atoms with E-state index in [1.165, 1.54) is 5.56 Å². The zero-order chi connectivity index (χ0) is 15.6. The molecule has 22 heavy (non-hydrogen) atoms. The molecule has 118 valence electrons. The molecular weight excluding hydrogens is 302 g/mol. The number of nitrogens with zero attached hydrogens (tertiary/aromatic N) is 3. The Morgan fingerprint density at radius 2 is 1.95 bits per heavy atom. The Morgan fingerprint density at radius 3 is 2.73 bits per heavy atom. The van der Waals surface area contributed by atoms with E-state index >= 15 is 0 Å². The number of methoxy groups -OCH3 is 1. The van der Waals surface area contributed by atoms with Crippen LogP contribution in [0.1, 0.15) is 12.0 Å². The van der Waals surface area contributed by atoms with Crippen LogP contribution in [0.4, 0.5) is 11.8 Å². The summed E-state index contributed by atoms with van der Waals surface area (Å²) in [6, 6.07) is 7.83. The van der Waals surface area contributed by atoms with Crippen LogP contribution in [0.5, 0.6) is 0 Å². The highest BCUT2D eigenvalue weighted by atomic mass is 35.5. The van der Waals surface area contributed by atoms with Crippen molar-refractivity contribution in [2.45, 2.75) is 12.8 Å². The summed E-state index contributed by atoms with van der Waals surface area (Å²) in [5, 5.41) is 15.0. The van der Waals surface area contributed by atoms with Crippen LogP contribution in [0, 0.1) is 0 Å². The third-order valence-corrected chi connectivity index (χ3v) is 3.25. The molecule has 7 heteroatoms. The van der Waals surface area contributed by atoms with Gasteiger partial charge in [0, 0.05) is 31.8 Å². The Hall–Kier alpha value is -1.92. The van der Waals surface area contributed by atoms with Crippen LogP contribution in [0.3, 0.4) is 0 Å². The standard InChI is InChI=1S/C15H20ClN5O/c1-22-10-2-8-18-15-20-14(11-19-21-15)17-9-7-12-3-5-13(16)6-4-12/h3-6,11H,2,7-10H2,1H3,(H2,17,18,20,21). The Morgan fingerprint density at radius 1 is 1.14 bits per heavy atom. The SMILES string of the molecule is COCCCNc1nncc(NCCc2ccc(Cl)cc2)n1. The summed E-state index contributed by atoms with van der Waals surface area (Å²) in [5.74, 6) is 1.23. The molecule has 0 saturated carbocycles. The van der Waals surface area contributed by atoms with Gasteiger partial charge in [-0.25, -0.2) is 0 Å². The first-order valence-corrected chi connectivity index (χ1v) is 7.56. The predicted octanol–water partition coefficient (Wildman–Crippen LogP) is 2.63. The summed E-state index contributed by atoms with van der Waals surface area (Å²) in [6.07, 6.45) is 3.40. The van der Waals surface area contributed by atoms with Gasteiger partial charge in [-0.1, -0.05) is 23.7 Å². The van der Waals surface area contributed by atoms with Gasteiger partial charge in [0.05, 0.1) is 6.20 Å². The lowest BCUT2D eigenvalue weighted by molar-refractivity contribution is 0.197. The summed E-state index contributed by atoms with van der Waals surface area (Å²) in [5.41, 5.74) is 1.22. The van der Waals surface area contributed by atoms with Crippen LogP contribution in [0.2, 0.25) is 5.02 Å². The molecule has 0 fully saturated rings. The van der Waals surface area contributed by atoms with Crippen molar-refractivity contribution in [1.29, 1.82) is 0 Å². The van der Waals surface area contributed by atoms with Gasteiger partial charge in [0.25, 0.3) is 0 Å². The Bertz CT molecular complexity index is 564. The van der Waals surface area contributed by atoms with Crippen LogP contribution in [-0.4, -0.2) is 42.0 Å². The van der Waals surface area contributed by atoms with E-state index in [0.717, 1.165) is 31.0 Å². The second-order valence-electron chi connectivity index (χ2n) is 4.74. The van der Waals surface area contributed by atoms with E-state index in [-0.39, 0.29) is 0 Å². The first-order valence-electron chi connectivity index (χ1n) is 7.19. The minimum atomic E-state index is 0.521. The molecule has 0 unspecified atom stereocenters. The maximum absolute atomic E-state index is 5.86. The highest BCUT2D eigenvalue weighted by molar-refractivity contribution is 6.30. The van der Waals surface area contributed by atoms with Gasteiger partial charge in [0.2, 0.25) is 5.95 Å². The van der Waals surface area contributed by atoms with Crippen molar-refractivity contribution >= 4 is 23.4 Å². The van der Waals surface area contributed by atoms with Crippen molar-refractivity contribution in [1.82, 2.24) is 15.2 Å². The number of benzene rings is 1. The van der Waals surface area contributed by atoms with Crippen molar-refractivity contribution in [3.63, 3.8) is 0 Å². The lowest BCUT2D eigenvalue weighted by Gasteiger charge is -2.07. The number of rotatable bonds is 9. The van der Waals surface area contributed by atoms with Gasteiger partial charge in [-0.15, -0.1) is 5.10 Å². The van der Waals surface area contributed by atoms with E-state index in [4.69, 9.17) is 16.3 Å². The third kappa shape index (κ3) is 5.83. The molecule has 2 N–H and O–H groups in total. The van der Waals surface area contributed by atoms with Gasteiger partial charge in [-0.3, -0.25) is 0 Å². The fourth-order valence-electron chi connectivity index (χ4n) is 1.87. The van der Waals surface area contributed by atoms with Gasteiger partial charge in [0.1, 0.15) is 0 Å². The van der Waals surface area contributed by atoms with Crippen molar-refractivity contribution in [3.05, 3.63) is 41.0 Å². The predicted molar refractivity (Wildman–Crippen MR) is 88.5 cm³/mol. The fraction of sp³-hybridized carbons (Fsp3) is 0.400. The van der Waals surface area contributed by atoms with Crippen LogP contribution in [-0.2, 0) is 11.2 Å². The molecule has 1 aromatic carbocycles. The molecular formula is C15H20ClN5O. The number of halogens is 1. The number of hydrogen-bond donors (Lipinski definition) is 2. The minimum Gasteiger partial charge on any atom is -0.385 e. The number of hydrogen-bond acceptors (Lipinski definition) is 6. The summed E-state index contributed by atoms with van der Waals surface area (Å²) in [7, 11) is 1.68. The zero-order valence-corrected chi connectivity index (χ0v) is 13.3. The van der Waals surface area contributed by atoms with Crippen molar-refractivity contribution in [3.8, 4) is 0 Å². The molecule has 2 aromatic rings. The normalized spacial score (nSPS) is 10.5. The molecule has 1 aromatic heterocycles. The van der Waals surface area contributed by atoms with Gasteiger partial charge in [-0.05, 0) is 30.5 Å². The zero-order valence-electron chi connectivity index (χ0n) is 12.6. The second-order valence-corrected chi connectivity index (χ2v) is 5.18. The van der Waals surface area contributed by atoms with Gasteiger partial charge >= 0.3 is 0 Å². The molecule has 0 atom stereocenters. The fourth-order valence-corrected chi connectivity index (χ4v) is 1.99. The Labute approximate surface area is 135 Å². The van der Waals surface area contributed by atoms with E-state index in [0.29, 0.717) is 18.4 Å². The second kappa shape index (κ2) is 9.17. The monoisotopic (exact) mass is 321 g/mol. The molecule has 0 aliphatic heterocycles. The molecule has 0 bridgehead atoms. The van der Waals surface area contributed by atoms with E-state index in [9.17, 15) is 0 Å². The van der Waals surface area contributed by atoms with Crippen LogP contribution in [0.25, 0.3) is 0 Å². The minimum absolute atomic E-state index is 0.521. The molecule has 6 nitrogen and oxygen atoms in total. The lowest BCUT2D eigenvalue weighted by atomic mass is 10.1. The van der Waals surface area contributed by atoms with E-state index in [2.05, 4.69) is 25.8 Å².